The molecule has 0 aliphatic carbocycles. The van der Waals surface area contributed by atoms with E-state index in [1.807, 2.05) is 0 Å². The Morgan fingerprint density at radius 2 is 2.35 bits per heavy atom. The highest BCUT2D eigenvalue weighted by Crippen LogP contribution is 2.26. The molecule has 0 aliphatic rings. The van der Waals surface area contributed by atoms with Gasteiger partial charge < -0.3 is 5.11 Å². The average Bonchev–Trinajstić information content (AvgIpc) is 2.29. The third kappa shape index (κ3) is 2.84. The van der Waals surface area contributed by atoms with Crippen LogP contribution < -0.4 is 5.32 Å². The van der Waals surface area contributed by atoms with Crippen molar-refractivity contribution in [3.8, 4) is 12.3 Å². The zero-order chi connectivity index (χ0) is 13.1. The third-order valence-corrected chi connectivity index (χ3v) is 3.08. The molecule has 0 bridgehead atoms. The molecule has 90 valence electrons. The Morgan fingerprint density at radius 3 is 2.82 bits per heavy atom. The molecule has 0 saturated heterocycles. The molecule has 1 aromatic rings. The molecule has 5 heteroatoms. The van der Waals surface area contributed by atoms with E-state index in [4.69, 9.17) is 6.42 Å². The second kappa shape index (κ2) is 5.30. The first kappa shape index (κ1) is 13.7. The first-order valence-corrected chi connectivity index (χ1v) is 5.58. The molecule has 1 atom stereocenters. The molecule has 17 heavy (non-hydrogen) atoms. The molecule has 2 N–H and O–H groups in total. The monoisotopic (exact) mass is 299 g/mol. The van der Waals surface area contributed by atoms with Crippen LogP contribution in [0.3, 0.4) is 0 Å². The number of terminal acetylenes is 1. The van der Waals surface area contributed by atoms with Crippen LogP contribution in [0.15, 0.2) is 22.7 Å². The summed E-state index contributed by atoms with van der Waals surface area (Å²) in [7, 11) is 0. The molecular formula is C12H11BrFNO2. The molecule has 0 heterocycles. The predicted octanol–water partition coefficient (Wildman–Crippen LogP) is 2.11. The zero-order valence-corrected chi connectivity index (χ0v) is 10.7. The molecule has 0 saturated carbocycles. The molecular weight excluding hydrogens is 289 g/mol. The molecule has 0 fully saturated rings. The highest BCUT2D eigenvalue weighted by molar-refractivity contribution is 9.10. The first-order valence-electron chi connectivity index (χ1n) is 4.79. The molecule has 0 radical (unpaired) electrons. The summed E-state index contributed by atoms with van der Waals surface area (Å²) in [6.45, 7) is 1.59. The number of hydrogen-bond acceptors (Lipinski definition) is 2. The highest BCUT2D eigenvalue weighted by Gasteiger charge is 2.34. The van der Waals surface area contributed by atoms with Crippen molar-refractivity contribution in [1.82, 2.24) is 5.32 Å². The number of aliphatic carboxylic acids is 1. The van der Waals surface area contributed by atoms with Gasteiger partial charge in [-0.15, -0.1) is 6.42 Å². The van der Waals surface area contributed by atoms with Gasteiger partial charge in [0.05, 0.1) is 11.0 Å². The van der Waals surface area contributed by atoms with Crippen LogP contribution in [0, 0.1) is 18.2 Å². The fraction of sp³-hybridized carbons (Fsp3) is 0.250. The molecule has 0 aliphatic heterocycles. The Labute approximate surface area is 107 Å². The van der Waals surface area contributed by atoms with Crippen LogP contribution in [0.2, 0.25) is 0 Å². The SMILES string of the molecule is C#CCNC(C)(C(=O)O)c1ccc(F)c(Br)c1. The second-order valence-corrected chi connectivity index (χ2v) is 4.47. The maximum Gasteiger partial charge on any atom is 0.328 e. The summed E-state index contributed by atoms with van der Waals surface area (Å²) < 4.78 is 13.3. The van der Waals surface area contributed by atoms with Crippen molar-refractivity contribution in [3.05, 3.63) is 34.1 Å². The van der Waals surface area contributed by atoms with Crippen LogP contribution in [0.25, 0.3) is 0 Å². The van der Waals surface area contributed by atoms with Gasteiger partial charge >= 0.3 is 5.97 Å². The molecule has 0 spiro atoms. The Morgan fingerprint density at radius 1 is 1.71 bits per heavy atom. The minimum absolute atomic E-state index is 0.109. The number of benzene rings is 1. The number of rotatable bonds is 4. The van der Waals surface area contributed by atoms with Gasteiger partial charge in [0, 0.05) is 0 Å². The fourth-order valence-corrected chi connectivity index (χ4v) is 1.71. The van der Waals surface area contributed by atoms with Crippen LogP contribution >= 0.6 is 15.9 Å². The molecule has 0 amide bonds. The van der Waals surface area contributed by atoms with Crippen molar-refractivity contribution in [2.24, 2.45) is 0 Å². The summed E-state index contributed by atoms with van der Waals surface area (Å²) in [4.78, 5) is 11.3. The highest BCUT2D eigenvalue weighted by atomic mass is 79.9. The van der Waals surface area contributed by atoms with Crippen molar-refractivity contribution in [2.45, 2.75) is 12.5 Å². The van der Waals surface area contributed by atoms with Crippen LogP contribution in [-0.2, 0) is 10.3 Å². The van der Waals surface area contributed by atoms with Gasteiger partial charge in [-0.2, -0.15) is 0 Å². The van der Waals surface area contributed by atoms with Gasteiger partial charge in [0.25, 0.3) is 0 Å². The van der Waals surface area contributed by atoms with Gasteiger partial charge in [-0.05, 0) is 40.5 Å². The molecule has 1 unspecified atom stereocenters. The van der Waals surface area contributed by atoms with Crippen molar-refractivity contribution >= 4 is 21.9 Å². The third-order valence-electron chi connectivity index (χ3n) is 2.47. The van der Waals surface area contributed by atoms with E-state index in [9.17, 15) is 14.3 Å². The van der Waals surface area contributed by atoms with E-state index in [0.717, 1.165) is 0 Å². The number of nitrogens with one attached hydrogen (secondary N) is 1. The Kier molecular flexibility index (Phi) is 4.27. The fourth-order valence-electron chi connectivity index (χ4n) is 1.34. The number of carboxylic acids is 1. The summed E-state index contributed by atoms with van der Waals surface area (Å²) in [5, 5.41) is 12.0. The van der Waals surface area contributed by atoms with Crippen molar-refractivity contribution in [2.75, 3.05) is 6.54 Å². The van der Waals surface area contributed by atoms with Crippen molar-refractivity contribution in [1.29, 1.82) is 0 Å². The summed E-state index contributed by atoms with van der Waals surface area (Å²) in [5.74, 6) is 0.790. The number of carbonyl (C=O) groups is 1. The maximum atomic E-state index is 13.1. The minimum atomic E-state index is -1.34. The minimum Gasteiger partial charge on any atom is -0.480 e. The quantitative estimate of drug-likeness (QED) is 0.837. The van der Waals surface area contributed by atoms with E-state index in [1.54, 1.807) is 0 Å². The van der Waals surface area contributed by atoms with Crippen molar-refractivity contribution in [3.63, 3.8) is 0 Å². The lowest BCUT2D eigenvalue weighted by Gasteiger charge is -2.26. The summed E-state index contributed by atoms with van der Waals surface area (Å²) >= 11 is 3.02. The Bertz CT molecular complexity index is 484. The predicted molar refractivity (Wildman–Crippen MR) is 65.9 cm³/mol. The lowest BCUT2D eigenvalue weighted by molar-refractivity contribution is -0.144. The Balaban J connectivity index is 3.18. The molecule has 1 aromatic carbocycles. The van der Waals surface area contributed by atoms with E-state index < -0.39 is 17.3 Å². The van der Waals surface area contributed by atoms with E-state index in [2.05, 4.69) is 27.2 Å². The van der Waals surface area contributed by atoms with Crippen LogP contribution in [0.5, 0.6) is 0 Å². The van der Waals surface area contributed by atoms with E-state index in [1.165, 1.54) is 25.1 Å². The van der Waals surface area contributed by atoms with Crippen LogP contribution in [0.1, 0.15) is 12.5 Å². The van der Waals surface area contributed by atoms with Gasteiger partial charge in [-0.25, -0.2) is 9.18 Å². The van der Waals surface area contributed by atoms with Gasteiger partial charge in [0.1, 0.15) is 11.4 Å². The standard InChI is InChI=1S/C12H11BrFNO2/c1-3-6-15-12(2,11(16)17)8-4-5-10(14)9(13)7-8/h1,4-5,7,15H,6H2,2H3,(H,16,17). The van der Waals surface area contributed by atoms with Gasteiger partial charge in [0.2, 0.25) is 0 Å². The zero-order valence-electron chi connectivity index (χ0n) is 9.13. The number of hydrogen-bond donors (Lipinski definition) is 2. The first-order chi connectivity index (χ1) is 7.91. The molecule has 1 rings (SSSR count). The van der Waals surface area contributed by atoms with Crippen molar-refractivity contribution < 1.29 is 14.3 Å². The number of carboxylic acid groups (broad SMARTS) is 1. The number of halogens is 2. The van der Waals surface area contributed by atoms with Crippen LogP contribution in [0.4, 0.5) is 4.39 Å². The van der Waals surface area contributed by atoms with E-state index >= 15 is 0 Å². The van der Waals surface area contributed by atoms with E-state index in [-0.39, 0.29) is 11.0 Å². The van der Waals surface area contributed by atoms with Gasteiger partial charge in [0.15, 0.2) is 0 Å². The normalized spacial score (nSPS) is 13.8. The topological polar surface area (TPSA) is 49.3 Å². The van der Waals surface area contributed by atoms with Crippen LogP contribution in [-0.4, -0.2) is 17.6 Å². The molecule has 0 aromatic heterocycles. The van der Waals surface area contributed by atoms with Gasteiger partial charge in [-0.1, -0.05) is 12.0 Å². The van der Waals surface area contributed by atoms with E-state index in [0.29, 0.717) is 5.56 Å². The smallest absolute Gasteiger partial charge is 0.328 e. The summed E-state index contributed by atoms with van der Waals surface area (Å²) in [5.41, 5.74) is -0.920. The summed E-state index contributed by atoms with van der Waals surface area (Å²) in [6, 6.07) is 4.04. The van der Waals surface area contributed by atoms with Gasteiger partial charge in [-0.3, -0.25) is 5.32 Å². The molecule has 3 nitrogen and oxygen atoms in total. The lowest BCUT2D eigenvalue weighted by Crippen LogP contribution is -2.46. The summed E-state index contributed by atoms with van der Waals surface area (Å²) in [6.07, 6.45) is 5.09. The maximum absolute atomic E-state index is 13.1. The largest absolute Gasteiger partial charge is 0.480 e. The second-order valence-electron chi connectivity index (χ2n) is 3.62. The average molecular weight is 300 g/mol. The lowest BCUT2D eigenvalue weighted by atomic mass is 9.92. The Hall–Kier alpha value is -1.38.